The molecule has 1 fully saturated rings. The Hall–Kier alpha value is -2.78. The number of methoxy groups -OCH3 is 2. The summed E-state index contributed by atoms with van der Waals surface area (Å²) in [5.41, 5.74) is 2.50. The molecule has 0 bridgehead atoms. The Bertz CT molecular complexity index is 1110. The van der Waals surface area contributed by atoms with Crippen molar-refractivity contribution in [3.8, 4) is 11.5 Å². The van der Waals surface area contributed by atoms with Crippen molar-refractivity contribution >= 4 is 54.0 Å². The normalized spacial score (nSPS) is 16.5. The third-order valence-electron chi connectivity index (χ3n) is 5.09. The Kier molecular flexibility index (Phi) is 10.2. The number of thioether (sulfide) groups is 1. The van der Waals surface area contributed by atoms with E-state index < -0.39 is 0 Å². The molecule has 2 N–H and O–H groups in total. The second kappa shape index (κ2) is 12.6. The molecule has 180 valence electrons. The number of hydrogen-bond acceptors (Lipinski definition) is 7. The van der Waals surface area contributed by atoms with Crippen molar-refractivity contribution in [3.05, 3.63) is 83.7 Å². The van der Waals surface area contributed by atoms with Crippen molar-refractivity contribution in [1.29, 1.82) is 0 Å². The summed E-state index contributed by atoms with van der Waals surface area (Å²) in [6.45, 7) is 0. The van der Waals surface area contributed by atoms with Crippen molar-refractivity contribution in [3.63, 3.8) is 0 Å². The number of hydrogen-bond donors (Lipinski definition) is 2. The standard InChI is InChI=1S/C24H23N3O4S.2ClH/c1-30-19-10-17(11-20(12-19)31-2)22(28)15-5-3-7-18(9-15)26-23(29)21-14-32-24(27-21)16-6-4-8-25-13-16;;/h3-13,21,24,27H,14H2,1-2H3,(H,26,29);2*1H. The first-order chi connectivity index (χ1) is 15.6. The number of carbonyl (C=O) groups excluding carboxylic acids is 2. The van der Waals surface area contributed by atoms with Gasteiger partial charge in [-0.05, 0) is 35.9 Å². The third kappa shape index (κ3) is 6.42. The van der Waals surface area contributed by atoms with Gasteiger partial charge in [-0.3, -0.25) is 19.9 Å². The van der Waals surface area contributed by atoms with Crippen molar-refractivity contribution in [1.82, 2.24) is 10.3 Å². The summed E-state index contributed by atoms with van der Waals surface area (Å²) in [5, 5.41) is 6.27. The van der Waals surface area contributed by atoms with E-state index in [-0.39, 0.29) is 47.9 Å². The summed E-state index contributed by atoms with van der Waals surface area (Å²) in [6, 6.07) is 15.5. The van der Waals surface area contributed by atoms with Crippen LogP contribution in [0.5, 0.6) is 11.5 Å². The molecule has 1 aliphatic rings. The fourth-order valence-corrected chi connectivity index (χ4v) is 4.64. The van der Waals surface area contributed by atoms with Gasteiger partial charge in [0.2, 0.25) is 5.91 Å². The number of halogens is 2. The molecule has 2 aromatic carbocycles. The number of ether oxygens (including phenoxy) is 2. The number of rotatable bonds is 7. The lowest BCUT2D eigenvalue weighted by atomic mass is 10.0. The van der Waals surface area contributed by atoms with E-state index in [1.165, 1.54) is 14.2 Å². The van der Waals surface area contributed by atoms with Gasteiger partial charge in [-0.15, -0.1) is 36.6 Å². The van der Waals surface area contributed by atoms with Gasteiger partial charge in [-0.2, -0.15) is 0 Å². The van der Waals surface area contributed by atoms with Crippen LogP contribution in [0.3, 0.4) is 0 Å². The average molecular weight is 522 g/mol. The minimum absolute atomic E-state index is 0. The lowest BCUT2D eigenvalue weighted by molar-refractivity contribution is -0.117. The molecule has 10 heteroatoms. The van der Waals surface area contributed by atoms with Crippen LogP contribution in [-0.2, 0) is 4.79 Å². The minimum Gasteiger partial charge on any atom is -0.497 e. The van der Waals surface area contributed by atoms with Crippen molar-refractivity contribution in [2.24, 2.45) is 0 Å². The van der Waals surface area contributed by atoms with Gasteiger partial charge in [-0.25, -0.2) is 0 Å². The van der Waals surface area contributed by atoms with Gasteiger partial charge in [0.25, 0.3) is 0 Å². The molecule has 0 radical (unpaired) electrons. The Morgan fingerprint density at radius 2 is 1.74 bits per heavy atom. The largest absolute Gasteiger partial charge is 0.497 e. The molecule has 2 atom stereocenters. The molecule has 2 unspecified atom stereocenters. The fourth-order valence-electron chi connectivity index (χ4n) is 3.42. The first-order valence-electron chi connectivity index (χ1n) is 10.0. The maximum Gasteiger partial charge on any atom is 0.242 e. The molecule has 1 amide bonds. The highest BCUT2D eigenvalue weighted by molar-refractivity contribution is 7.99. The summed E-state index contributed by atoms with van der Waals surface area (Å²) in [7, 11) is 3.07. The molecule has 2 heterocycles. The summed E-state index contributed by atoms with van der Waals surface area (Å²) in [5.74, 6) is 1.38. The number of amides is 1. The van der Waals surface area contributed by atoms with Gasteiger partial charge in [0.15, 0.2) is 5.78 Å². The fraction of sp³-hybridized carbons (Fsp3) is 0.208. The van der Waals surface area contributed by atoms with Crippen LogP contribution in [0.4, 0.5) is 5.69 Å². The molecule has 7 nitrogen and oxygen atoms in total. The van der Waals surface area contributed by atoms with Crippen LogP contribution < -0.4 is 20.1 Å². The van der Waals surface area contributed by atoms with Crippen LogP contribution in [-0.4, -0.2) is 42.7 Å². The molecule has 0 spiro atoms. The molecule has 4 rings (SSSR count). The first-order valence-corrected chi connectivity index (χ1v) is 11.1. The number of carbonyl (C=O) groups is 2. The predicted molar refractivity (Wildman–Crippen MR) is 139 cm³/mol. The Labute approximate surface area is 214 Å². The van der Waals surface area contributed by atoms with Crippen molar-refractivity contribution < 1.29 is 19.1 Å². The quantitative estimate of drug-likeness (QED) is 0.442. The maximum absolute atomic E-state index is 13.0. The Balaban J connectivity index is 0.00000204. The molecule has 0 aliphatic carbocycles. The molecule has 1 aliphatic heterocycles. The number of anilines is 1. The molecule has 34 heavy (non-hydrogen) atoms. The van der Waals surface area contributed by atoms with E-state index in [9.17, 15) is 9.59 Å². The van der Waals surface area contributed by atoms with Crippen LogP contribution in [0.25, 0.3) is 0 Å². The highest BCUT2D eigenvalue weighted by Gasteiger charge is 2.30. The van der Waals surface area contributed by atoms with E-state index >= 15 is 0 Å². The topological polar surface area (TPSA) is 89.5 Å². The molecule has 3 aromatic rings. The Morgan fingerprint density at radius 1 is 1.00 bits per heavy atom. The van der Waals surface area contributed by atoms with Gasteiger partial charge in [0, 0.05) is 41.0 Å². The van der Waals surface area contributed by atoms with E-state index in [2.05, 4.69) is 15.6 Å². The molecule has 1 aromatic heterocycles. The molecule has 0 saturated carbocycles. The van der Waals surface area contributed by atoms with Crippen LogP contribution in [0.2, 0.25) is 0 Å². The predicted octanol–water partition coefficient (Wildman–Crippen LogP) is 4.52. The lowest BCUT2D eigenvalue weighted by Gasteiger charge is -2.14. The van der Waals surface area contributed by atoms with Crippen LogP contribution in [0.15, 0.2) is 67.0 Å². The van der Waals surface area contributed by atoms with Gasteiger partial charge < -0.3 is 14.8 Å². The molecular weight excluding hydrogens is 497 g/mol. The second-order valence-electron chi connectivity index (χ2n) is 7.22. The summed E-state index contributed by atoms with van der Waals surface area (Å²) in [6.07, 6.45) is 3.52. The van der Waals surface area contributed by atoms with Gasteiger partial charge in [-0.1, -0.05) is 18.2 Å². The second-order valence-corrected chi connectivity index (χ2v) is 8.36. The zero-order valence-electron chi connectivity index (χ0n) is 18.5. The van der Waals surface area contributed by atoms with Crippen LogP contribution in [0.1, 0.15) is 26.9 Å². The average Bonchev–Trinajstić information content (AvgIpc) is 3.34. The highest BCUT2D eigenvalue weighted by Crippen LogP contribution is 2.32. The highest BCUT2D eigenvalue weighted by atomic mass is 35.5. The van der Waals surface area contributed by atoms with E-state index in [0.717, 1.165) is 5.56 Å². The van der Waals surface area contributed by atoms with Gasteiger partial charge in [0.05, 0.1) is 25.6 Å². The van der Waals surface area contributed by atoms with Crippen molar-refractivity contribution in [2.45, 2.75) is 11.4 Å². The third-order valence-corrected chi connectivity index (χ3v) is 6.36. The van der Waals surface area contributed by atoms with E-state index in [1.54, 1.807) is 66.6 Å². The number of nitrogens with one attached hydrogen (secondary N) is 2. The number of nitrogens with zero attached hydrogens (tertiary/aromatic N) is 1. The van der Waals surface area contributed by atoms with E-state index in [1.807, 2.05) is 12.1 Å². The van der Waals surface area contributed by atoms with Gasteiger partial charge >= 0.3 is 0 Å². The maximum atomic E-state index is 13.0. The number of aromatic nitrogens is 1. The molecular formula is C24H25Cl2N3O4S. The summed E-state index contributed by atoms with van der Waals surface area (Å²) in [4.78, 5) is 30.0. The van der Waals surface area contributed by atoms with Gasteiger partial charge in [0.1, 0.15) is 11.5 Å². The number of pyridine rings is 1. The zero-order chi connectivity index (χ0) is 22.5. The lowest BCUT2D eigenvalue weighted by Crippen LogP contribution is -2.38. The summed E-state index contributed by atoms with van der Waals surface area (Å²) >= 11 is 1.66. The smallest absolute Gasteiger partial charge is 0.242 e. The number of benzene rings is 2. The zero-order valence-corrected chi connectivity index (χ0v) is 21.0. The van der Waals surface area contributed by atoms with Crippen LogP contribution in [0, 0.1) is 0 Å². The Morgan fingerprint density at radius 3 is 2.38 bits per heavy atom. The summed E-state index contributed by atoms with van der Waals surface area (Å²) < 4.78 is 10.5. The monoisotopic (exact) mass is 521 g/mol. The minimum atomic E-state index is -0.341. The van der Waals surface area contributed by atoms with Crippen molar-refractivity contribution in [2.75, 3.05) is 25.3 Å². The van der Waals surface area contributed by atoms with Crippen LogP contribution >= 0.6 is 36.6 Å². The van der Waals surface area contributed by atoms with E-state index in [0.29, 0.717) is 34.1 Å². The SMILES string of the molecule is COc1cc(OC)cc(C(=O)c2cccc(NC(=O)C3CSC(c4cccnc4)N3)c2)c1.Cl.Cl. The molecule has 1 saturated heterocycles. The first kappa shape index (κ1) is 27.5. The van der Waals surface area contributed by atoms with E-state index in [4.69, 9.17) is 9.47 Å². The number of ketones is 1.